The summed E-state index contributed by atoms with van der Waals surface area (Å²) >= 11 is 0. The molecule has 0 aromatic rings. The van der Waals surface area contributed by atoms with Crippen molar-refractivity contribution in [3.63, 3.8) is 0 Å². The second-order valence-electron chi connectivity index (χ2n) is 5.78. The van der Waals surface area contributed by atoms with Crippen LogP contribution in [0.3, 0.4) is 0 Å². The zero-order valence-electron chi connectivity index (χ0n) is 16.9. The van der Waals surface area contributed by atoms with Crippen molar-refractivity contribution < 1.29 is 27.6 Å². The number of carbonyl (C=O) groups excluding carboxylic acids is 2. The van der Waals surface area contributed by atoms with E-state index < -0.39 is 14.9 Å². The van der Waals surface area contributed by atoms with E-state index in [0.29, 0.717) is 38.8 Å². The lowest BCUT2D eigenvalue weighted by atomic mass is 10.2. The minimum Gasteiger partial charge on any atom is -0.449 e. The Labute approximate surface area is 158 Å². The number of hydrogen-bond acceptors (Lipinski definition) is 6. The third-order valence-electron chi connectivity index (χ3n) is 3.60. The van der Waals surface area contributed by atoms with Gasteiger partial charge in [0.25, 0.3) is 0 Å². The molecule has 0 aromatic carbocycles. The van der Waals surface area contributed by atoms with Crippen LogP contribution in [-0.4, -0.2) is 59.8 Å². The van der Waals surface area contributed by atoms with E-state index in [-0.39, 0.29) is 25.0 Å². The number of ether oxygens (including phenoxy) is 1. The molecule has 0 aliphatic carbocycles. The zero-order valence-corrected chi connectivity index (χ0v) is 17.9. The Balaban J connectivity index is 4.03. The average molecular weight is 393 g/mol. The lowest BCUT2D eigenvalue weighted by molar-refractivity contribution is -0.122. The highest BCUT2D eigenvalue weighted by Crippen LogP contribution is 2.17. The number of nitrogens with one attached hydrogen (secondary N) is 2. The quantitative estimate of drug-likeness (QED) is 0.328. The van der Waals surface area contributed by atoms with Crippen LogP contribution in [0.25, 0.3) is 0 Å². The van der Waals surface area contributed by atoms with Gasteiger partial charge in [0.15, 0.2) is 0 Å². The maximum absolute atomic E-state index is 11.7. The van der Waals surface area contributed by atoms with Crippen LogP contribution < -0.4 is 10.6 Å². The fourth-order valence-electron chi connectivity index (χ4n) is 2.23. The summed E-state index contributed by atoms with van der Waals surface area (Å²) in [5.41, 5.74) is 0. The second-order valence-corrected chi connectivity index (χ2v) is 8.51. The molecule has 1 atom stereocenters. The lowest BCUT2D eigenvalue weighted by Crippen LogP contribution is -2.46. The molecule has 0 saturated heterocycles. The molecule has 0 aromatic heterocycles. The molecule has 0 radical (unpaired) electrons. The number of hydrogen-bond donors (Lipinski definition) is 2. The van der Waals surface area contributed by atoms with Gasteiger partial charge in [-0.05, 0) is 40.5 Å². The topological polar surface area (TPSA) is 95.1 Å². The Bertz CT molecular complexity index is 380. The largest absolute Gasteiger partial charge is 0.500 e. The van der Waals surface area contributed by atoms with E-state index in [1.807, 2.05) is 34.6 Å². The van der Waals surface area contributed by atoms with Gasteiger partial charge in [-0.15, -0.1) is 0 Å². The second kappa shape index (κ2) is 14.9. The van der Waals surface area contributed by atoms with Crippen molar-refractivity contribution in [3.8, 4) is 0 Å². The van der Waals surface area contributed by atoms with Crippen LogP contribution in [0.1, 0.15) is 53.9 Å². The van der Waals surface area contributed by atoms with E-state index in [1.54, 1.807) is 0 Å². The van der Waals surface area contributed by atoms with E-state index in [2.05, 4.69) is 10.6 Å². The first-order chi connectivity index (χ1) is 12.4. The third kappa shape index (κ3) is 11.5. The average Bonchev–Trinajstić information content (AvgIpc) is 2.59. The van der Waals surface area contributed by atoms with E-state index >= 15 is 0 Å². The maximum Gasteiger partial charge on any atom is 0.500 e. The number of alkyl carbamates (subject to hydrolysis) is 1. The molecule has 8 nitrogen and oxygen atoms in total. The highest BCUT2D eigenvalue weighted by Gasteiger charge is 2.39. The van der Waals surface area contributed by atoms with Crippen LogP contribution >= 0.6 is 0 Å². The predicted octanol–water partition coefficient (Wildman–Crippen LogP) is 2.46. The summed E-state index contributed by atoms with van der Waals surface area (Å²) in [7, 11) is -2.67. The van der Waals surface area contributed by atoms with Crippen molar-refractivity contribution in [1.29, 1.82) is 0 Å². The molecule has 0 spiro atoms. The van der Waals surface area contributed by atoms with Crippen molar-refractivity contribution in [3.05, 3.63) is 0 Å². The smallest absolute Gasteiger partial charge is 0.449 e. The van der Waals surface area contributed by atoms with Gasteiger partial charge in [0.2, 0.25) is 5.91 Å². The molecule has 154 valence electrons. The van der Waals surface area contributed by atoms with E-state index in [0.717, 1.165) is 6.42 Å². The van der Waals surface area contributed by atoms with Crippen LogP contribution in [0.15, 0.2) is 0 Å². The van der Waals surface area contributed by atoms with Gasteiger partial charge in [-0.1, -0.05) is 6.92 Å². The van der Waals surface area contributed by atoms with Crippen molar-refractivity contribution in [2.24, 2.45) is 0 Å². The first-order valence-corrected chi connectivity index (χ1v) is 11.5. The first kappa shape index (κ1) is 24.8. The van der Waals surface area contributed by atoms with Crippen LogP contribution in [-0.2, 0) is 22.8 Å². The molecule has 1 unspecified atom stereocenters. The normalized spacial score (nSPS) is 12.5. The van der Waals surface area contributed by atoms with E-state index in [4.69, 9.17) is 18.0 Å². The molecule has 9 heteroatoms. The minimum absolute atomic E-state index is 0.0592. The summed E-state index contributed by atoms with van der Waals surface area (Å²) < 4.78 is 22.3. The molecule has 0 rings (SSSR count). The SMILES string of the molecule is CCO[Si](CCCNC(=O)OCCC(=O)NC(C)CC)(OCC)OCC. The standard InChI is InChI=1S/C17H36N2O6Si/c1-6-15(5)19-16(20)11-13-22-17(21)18-12-10-14-26(23-7-2,24-8-3)25-9-4/h15H,6-14H2,1-5H3,(H,18,21)(H,19,20). The van der Waals surface area contributed by atoms with Gasteiger partial charge in [0.05, 0.1) is 6.42 Å². The Morgan fingerprint density at radius 2 is 1.58 bits per heavy atom. The molecular weight excluding hydrogens is 356 g/mol. The van der Waals surface area contributed by atoms with Gasteiger partial charge in [-0.2, -0.15) is 0 Å². The molecule has 0 fully saturated rings. The zero-order chi connectivity index (χ0) is 19.8. The molecule has 2 amide bonds. The van der Waals surface area contributed by atoms with Crippen LogP contribution in [0.2, 0.25) is 6.04 Å². The summed E-state index contributed by atoms with van der Waals surface area (Å²) in [6.45, 7) is 11.7. The summed E-state index contributed by atoms with van der Waals surface area (Å²) in [4.78, 5) is 23.2. The molecule has 26 heavy (non-hydrogen) atoms. The molecule has 0 bridgehead atoms. The van der Waals surface area contributed by atoms with Crippen LogP contribution in [0.5, 0.6) is 0 Å². The number of rotatable bonds is 15. The molecule has 0 aliphatic rings. The Hall–Kier alpha value is -1.16. The Kier molecular flexibility index (Phi) is 14.3. The summed E-state index contributed by atoms with van der Waals surface area (Å²) in [5.74, 6) is -0.118. The van der Waals surface area contributed by atoms with Gasteiger partial charge in [-0.3, -0.25) is 4.79 Å². The van der Waals surface area contributed by atoms with Crippen LogP contribution in [0, 0.1) is 0 Å². The molecule has 0 saturated carbocycles. The van der Waals surface area contributed by atoms with E-state index in [1.165, 1.54) is 0 Å². The molecule has 0 aliphatic heterocycles. The first-order valence-electron chi connectivity index (χ1n) is 9.54. The minimum atomic E-state index is -2.67. The third-order valence-corrected chi connectivity index (χ3v) is 6.76. The fraction of sp³-hybridized carbons (Fsp3) is 0.882. The van der Waals surface area contributed by atoms with Gasteiger partial charge in [0, 0.05) is 38.5 Å². The fourth-order valence-corrected chi connectivity index (χ4v) is 4.85. The monoisotopic (exact) mass is 392 g/mol. The lowest BCUT2D eigenvalue weighted by Gasteiger charge is -2.28. The van der Waals surface area contributed by atoms with Crippen molar-refractivity contribution in [2.45, 2.75) is 66.0 Å². The number of amides is 2. The van der Waals surface area contributed by atoms with Crippen molar-refractivity contribution in [1.82, 2.24) is 10.6 Å². The molecular formula is C17H36N2O6Si. The maximum atomic E-state index is 11.7. The highest BCUT2D eigenvalue weighted by molar-refractivity contribution is 6.60. The van der Waals surface area contributed by atoms with Gasteiger partial charge < -0.3 is 28.6 Å². The van der Waals surface area contributed by atoms with Gasteiger partial charge in [0.1, 0.15) is 6.61 Å². The summed E-state index contributed by atoms with van der Waals surface area (Å²) in [5, 5.41) is 5.49. The summed E-state index contributed by atoms with van der Waals surface area (Å²) in [6, 6.07) is 0.752. The number of carbonyl (C=O) groups is 2. The molecule has 2 N–H and O–H groups in total. The summed E-state index contributed by atoms with van der Waals surface area (Å²) in [6.07, 6.45) is 1.16. The van der Waals surface area contributed by atoms with Crippen molar-refractivity contribution in [2.75, 3.05) is 33.0 Å². The van der Waals surface area contributed by atoms with Crippen LogP contribution in [0.4, 0.5) is 4.79 Å². The van der Waals surface area contributed by atoms with Crippen molar-refractivity contribution >= 4 is 20.8 Å². The van der Waals surface area contributed by atoms with E-state index in [9.17, 15) is 9.59 Å². The highest BCUT2D eigenvalue weighted by atomic mass is 28.4. The van der Waals surface area contributed by atoms with Gasteiger partial charge in [-0.25, -0.2) is 4.79 Å². The Morgan fingerprint density at radius 3 is 2.08 bits per heavy atom. The van der Waals surface area contributed by atoms with Gasteiger partial charge >= 0.3 is 14.9 Å². The predicted molar refractivity (Wildman–Crippen MR) is 102 cm³/mol. The Morgan fingerprint density at radius 1 is 1.00 bits per heavy atom. The molecule has 0 heterocycles.